The van der Waals surface area contributed by atoms with E-state index in [-0.39, 0.29) is 28.3 Å². The molecule has 1 aromatic heterocycles. The van der Waals surface area contributed by atoms with E-state index in [0.29, 0.717) is 0 Å². The zero-order chi connectivity index (χ0) is 19.8. The van der Waals surface area contributed by atoms with Crippen molar-refractivity contribution in [3.05, 3.63) is 70.1 Å². The van der Waals surface area contributed by atoms with Crippen LogP contribution in [0.2, 0.25) is 0 Å². The van der Waals surface area contributed by atoms with Gasteiger partial charge in [0.1, 0.15) is 6.26 Å². The standard InChI is InChI=1S/C17H10F3N3O4/c18-17(19,20)12-7-9(16-22-13(8-27-16)15(21)24)5-6-10(12)11-3-1-2-4-14(11)23(25)26/h1-8H,(H2,21,24). The number of nitrogens with two attached hydrogens (primary N) is 1. The van der Waals surface area contributed by atoms with E-state index in [0.717, 1.165) is 24.5 Å². The second-order valence-corrected chi connectivity index (χ2v) is 5.43. The van der Waals surface area contributed by atoms with Crippen LogP contribution in [0.3, 0.4) is 0 Å². The largest absolute Gasteiger partial charge is 0.444 e. The molecule has 1 amide bonds. The van der Waals surface area contributed by atoms with Crippen molar-refractivity contribution in [3.8, 4) is 22.6 Å². The quantitative estimate of drug-likeness (QED) is 0.545. The molecule has 0 unspecified atom stereocenters. The Balaban J connectivity index is 2.19. The molecule has 7 nitrogen and oxygen atoms in total. The number of aromatic nitrogens is 1. The molecule has 0 aliphatic rings. The Hall–Kier alpha value is -3.69. The molecule has 0 atom stereocenters. The number of carbonyl (C=O) groups is 1. The van der Waals surface area contributed by atoms with Gasteiger partial charge in [-0.25, -0.2) is 4.98 Å². The molecule has 0 fully saturated rings. The Labute approximate surface area is 149 Å². The van der Waals surface area contributed by atoms with Gasteiger partial charge in [-0.3, -0.25) is 14.9 Å². The van der Waals surface area contributed by atoms with Gasteiger partial charge in [0.15, 0.2) is 5.69 Å². The van der Waals surface area contributed by atoms with Gasteiger partial charge < -0.3 is 10.2 Å². The van der Waals surface area contributed by atoms with Gasteiger partial charge in [-0.1, -0.05) is 18.2 Å². The van der Waals surface area contributed by atoms with E-state index in [1.165, 1.54) is 24.3 Å². The maximum Gasteiger partial charge on any atom is 0.417 e. The Morgan fingerprint density at radius 3 is 2.44 bits per heavy atom. The van der Waals surface area contributed by atoms with Crippen molar-refractivity contribution in [2.24, 2.45) is 5.73 Å². The number of carbonyl (C=O) groups excluding carboxylic acids is 1. The van der Waals surface area contributed by atoms with Crippen LogP contribution in [0.15, 0.2) is 53.1 Å². The summed E-state index contributed by atoms with van der Waals surface area (Å²) in [6.07, 6.45) is -3.87. The minimum atomic E-state index is -4.80. The van der Waals surface area contributed by atoms with Crippen LogP contribution >= 0.6 is 0 Å². The SMILES string of the molecule is NC(=O)c1coc(-c2ccc(-c3ccccc3[N+](=O)[O-])c(C(F)(F)F)c2)n1. The number of primary amides is 1. The molecular weight excluding hydrogens is 367 g/mol. The molecule has 3 rings (SSSR count). The van der Waals surface area contributed by atoms with E-state index >= 15 is 0 Å². The molecule has 0 radical (unpaired) electrons. The van der Waals surface area contributed by atoms with Crippen LogP contribution in [0, 0.1) is 10.1 Å². The number of para-hydroxylation sites is 1. The first-order valence-electron chi connectivity index (χ1n) is 7.39. The second-order valence-electron chi connectivity index (χ2n) is 5.43. The molecule has 0 aliphatic carbocycles. The third-order valence-corrected chi connectivity index (χ3v) is 3.72. The molecule has 3 aromatic rings. The van der Waals surface area contributed by atoms with Crippen molar-refractivity contribution in [3.63, 3.8) is 0 Å². The summed E-state index contributed by atoms with van der Waals surface area (Å²) in [5.41, 5.74) is 2.66. The Morgan fingerprint density at radius 2 is 1.85 bits per heavy atom. The first-order chi connectivity index (χ1) is 12.7. The Bertz CT molecular complexity index is 1040. The van der Waals surface area contributed by atoms with E-state index in [4.69, 9.17) is 10.2 Å². The van der Waals surface area contributed by atoms with Crippen LogP contribution in [-0.4, -0.2) is 15.8 Å². The van der Waals surface area contributed by atoms with Crippen molar-refractivity contribution in [2.75, 3.05) is 0 Å². The number of alkyl halides is 3. The third-order valence-electron chi connectivity index (χ3n) is 3.72. The minimum absolute atomic E-state index is 0.0582. The number of oxazole rings is 1. The minimum Gasteiger partial charge on any atom is -0.444 e. The smallest absolute Gasteiger partial charge is 0.417 e. The van der Waals surface area contributed by atoms with Crippen LogP contribution in [-0.2, 0) is 6.18 Å². The lowest BCUT2D eigenvalue weighted by Gasteiger charge is -2.14. The van der Waals surface area contributed by atoms with Gasteiger partial charge in [0.25, 0.3) is 11.6 Å². The van der Waals surface area contributed by atoms with Gasteiger partial charge in [0, 0.05) is 17.2 Å². The van der Waals surface area contributed by atoms with Crippen LogP contribution in [0.1, 0.15) is 16.1 Å². The van der Waals surface area contributed by atoms with Crippen molar-refractivity contribution in [2.45, 2.75) is 6.18 Å². The van der Waals surface area contributed by atoms with E-state index in [2.05, 4.69) is 4.98 Å². The molecule has 10 heteroatoms. The van der Waals surface area contributed by atoms with E-state index < -0.39 is 28.3 Å². The molecule has 2 N–H and O–H groups in total. The van der Waals surface area contributed by atoms with Gasteiger partial charge in [-0.05, 0) is 18.2 Å². The summed E-state index contributed by atoms with van der Waals surface area (Å²) in [7, 11) is 0. The number of hydrogen-bond acceptors (Lipinski definition) is 5. The summed E-state index contributed by atoms with van der Waals surface area (Å²) in [4.78, 5) is 25.2. The first kappa shape index (κ1) is 18.1. The predicted octanol–water partition coefficient (Wildman–Crippen LogP) is 4.03. The zero-order valence-corrected chi connectivity index (χ0v) is 13.4. The number of halogens is 3. The number of benzene rings is 2. The van der Waals surface area contributed by atoms with Crippen molar-refractivity contribution < 1.29 is 27.3 Å². The number of rotatable bonds is 4. The van der Waals surface area contributed by atoms with Gasteiger partial charge in [-0.2, -0.15) is 13.2 Å². The lowest BCUT2D eigenvalue weighted by Crippen LogP contribution is -2.11. The summed E-state index contributed by atoms with van der Waals surface area (Å²) in [5, 5.41) is 11.2. The molecule has 0 spiro atoms. The van der Waals surface area contributed by atoms with Gasteiger partial charge in [0.2, 0.25) is 5.89 Å². The lowest BCUT2D eigenvalue weighted by molar-refractivity contribution is -0.384. The molecular formula is C17H10F3N3O4. The Kier molecular flexibility index (Phi) is 4.40. The van der Waals surface area contributed by atoms with Crippen LogP contribution in [0.5, 0.6) is 0 Å². The highest BCUT2D eigenvalue weighted by atomic mass is 19.4. The van der Waals surface area contributed by atoms with Crippen molar-refractivity contribution in [1.29, 1.82) is 0 Å². The van der Waals surface area contributed by atoms with Gasteiger partial charge >= 0.3 is 6.18 Å². The first-order valence-corrected chi connectivity index (χ1v) is 7.39. The zero-order valence-electron chi connectivity index (χ0n) is 13.4. The monoisotopic (exact) mass is 377 g/mol. The highest BCUT2D eigenvalue weighted by molar-refractivity contribution is 5.91. The van der Waals surface area contributed by atoms with Crippen molar-refractivity contribution >= 4 is 11.6 Å². The number of hydrogen-bond donors (Lipinski definition) is 1. The fraction of sp³-hybridized carbons (Fsp3) is 0.0588. The molecule has 0 aliphatic heterocycles. The molecule has 2 aromatic carbocycles. The molecule has 138 valence electrons. The fourth-order valence-corrected chi connectivity index (χ4v) is 2.53. The van der Waals surface area contributed by atoms with Crippen LogP contribution in [0.25, 0.3) is 22.6 Å². The fourth-order valence-electron chi connectivity index (χ4n) is 2.53. The van der Waals surface area contributed by atoms with Crippen LogP contribution in [0.4, 0.5) is 18.9 Å². The highest BCUT2D eigenvalue weighted by Crippen LogP contribution is 2.41. The molecule has 0 saturated heterocycles. The summed E-state index contributed by atoms with van der Waals surface area (Å²) < 4.78 is 45.8. The Morgan fingerprint density at radius 1 is 1.15 bits per heavy atom. The topological polar surface area (TPSA) is 112 Å². The van der Waals surface area contributed by atoms with Gasteiger partial charge in [0.05, 0.1) is 16.1 Å². The van der Waals surface area contributed by atoms with Crippen LogP contribution < -0.4 is 5.73 Å². The molecule has 0 bridgehead atoms. The maximum atomic E-state index is 13.6. The van der Waals surface area contributed by atoms with E-state index in [1.807, 2.05) is 0 Å². The second kappa shape index (κ2) is 6.56. The van der Waals surface area contributed by atoms with Crippen molar-refractivity contribution in [1.82, 2.24) is 4.98 Å². The summed E-state index contributed by atoms with van der Waals surface area (Å²) in [6.45, 7) is 0. The highest BCUT2D eigenvalue weighted by Gasteiger charge is 2.35. The van der Waals surface area contributed by atoms with E-state index in [1.54, 1.807) is 0 Å². The molecule has 0 saturated carbocycles. The van der Waals surface area contributed by atoms with Gasteiger partial charge in [-0.15, -0.1) is 0 Å². The summed E-state index contributed by atoms with van der Waals surface area (Å²) in [6, 6.07) is 8.23. The number of amides is 1. The summed E-state index contributed by atoms with van der Waals surface area (Å²) >= 11 is 0. The molecule has 27 heavy (non-hydrogen) atoms. The average Bonchev–Trinajstić information content (AvgIpc) is 3.11. The predicted molar refractivity (Wildman–Crippen MR) is 87.5 cm³/mol. The number of nitro benzene ring substituents is 1. The summed E-state index contributed by atoms with van der Waals surface area (Å²) in [5.74, 6) is -1.12. The maximum absolute atomic E-state index is 13.6. The normalized spacial score (nSPS) is 11.4. The lowest BCUT2D eigenvalue weighted by atomic mass is 9.96. The number of nitrogens with zero attached hydrogens (tertiary/aromatic N) is 2. The number of nitro groups is 1. The van der Waals surface area contributed by atoms with E-state index in [9.17, 15) is 28.1 Å². The average molecular weight is 377 g/mol. The molecule has 1 heterocycles. The third kappa shape index (κ3) is 3.50.